The zero-order valence-corrected chi connectivity index (χ0v) is 10.3. The van der Waals surface area contributed by atoms with Crippen LogP contribution in [0.1, 0.15) is 37.5 Å². The third-order valence-corrected chi connectivity index (χ3v) is 4.34. The summed E-state index contributed by atoms with van der Waals surface area (Å²) in [5.74, 6) is 3.24. The topological polar surface area (TPSA) is 67.6 Å². The van der Waals surface area contributed by atoms with Gasteiger partial charge in [-0.05, 0) is 55.6 Å². The van der Waals surface area contributed by atoms with Gasteiger partial charge in [-0.15, -0.1) is 0 Å². The largest absolute Gasteiger partial charge is 0.339 e. The molecule has 1 atom stereocenters. The molecule has 2 aromatic rings. The molecule has 2 aromatic heterocycles. The molecule has 0 bridgehead atoms. The van der Waals surface area contributed by atoms with Gasteiger partial charge in [0.2, 0.25) is 0 Å². The molecule has 2 fully saturated rings. The number of fused-ring (bicyclic) bond motifs is 1. The van der Waals surface area contributed by atoms with Crippen molar-refractivity contribution in [2.24, 2.45) is 23.5 Å². The lowest BCUT2D eigenvalue weighted by Crippen LogP contribution is -2.25. The fourth-order valence-electron chi connectivity index (χ4n) is 3.14. The Morgan fingerprint density at radius 2 is 1.94 bits per heavy atom. The zero-order valence-electron chi connectivity index (χ0n) is 10.3. The van der Waals surface area contributed by atoms with E-state index < -0.39 is 0 Å². The van der Waals surface area contributed by atoms with Crippen molar-refractivity contribution in [2.45, 2.75) is 31.7 Å². The molecule has 0 spiro atoms. The fraction of sp³-hybridized carbons (Fsp3) is 0.571. The molecule has 2 aliphatic rings. The van der Waals surface area contributed by atoms with Gasteiger partial charge < -0.3 is 10.7 Å². The lowest BCUT2D eigenvalue weighted by Gasteiger charge is -2.21. The second-order valence-electron chi connectivity index (χ2n) is 5.77. The minimum Gasteiger partial charge on any atom is -0.339 e. The number of nitrogens with two attached hydrogens (primary N) is 1. The number of hydrogen-bond acceptors (Lipinski definition) is 3. The Hall–Kier alpha value is -1.42. The number of pyridine rings is 1. The monoisotopic (exact) mass is 242 g/mol. The van der Waals surface area contributed by atoms with Crippen LogP contribution in [0.2, 0.25) is 0 Å². The van der Waals surface area contributed by atoms with Crippen molar-refractivity contribution < 1.29 is 0 Å². The molecule has 18 heavy (non-hydrogen) atoms. The van der Waals surface area contributed by atoms with Crippen LogP contribution in [0.4, 0.5) is 0 Å². The first-order chi connectivity index (χ1) is 8.83. The second-order valence-corrected chi connectivity index (χ2v) is 5.77. The Morgan fingerprint density at radius 3 is 2.56 bits per heavy atom. The highest BCUT2D eigenvalue weighted by atomic mass is 15.0. The normalized spacial score (nSPS) is 21.7. The van der Waals surface area contributed by atoms with Crippen molar-refractivity contribution in [3.8, 4) is 0 Å². The van der Waals surface area contributed by atoms with Crippen LogP contribution < -0.4 is 5.73 Å². The molecule has 2 saturated carbocycles. The van der Waals surface area contributed by atoms with E-state index in [0.29, 0.717) is 5.92 Å². The Bertz CT molecular complexity index is 523. The zero-order chi connectivity index (χ0) is 12.1. The number of nitrogens with zero attached hydrogens (tertiary/aromatic N) is 2. The summed E-state index contributed by atoms with van der Waals surface area (Å²) in [6, 6.07) is 3.99. The highest BCUT2D eigenvalue weighted by molar-refractivity contribution is 5.70. The molecule has 4 rings (SSSR count). The van der Waals surface area contributed by atoms with Crippen LogP contribution in [0.3, 0.4) is 0 Å². The Balaban J connectivity index is 1.67. The summed E-state index contributed by atoms with van der Waals surface area (Å²) >= 11 is 0. The third-order valence-electron chi connectivity index (χ3n) is 4.34. The van der Waals surface area contributed by atoms with E-state index in [2.05, 4.69) is 15.0 Å². The van der Waals surface area contributed by atoms with Gasteiger partial charge >= 0.3 is 0 Å². The number of aromatic amines is 1. The average Bonchev–Trinajstić information content (AvgIpc) is 3.30. The third kappa shape index (κ3) is 1.72. The van der Waals surface area contributed by atoms with Crippen molar-refractivity contribution >= 4 is 11.2 Å². The number of hydrogen-bond donors (Lipinski definition) is 2. The molecule has 0 saturated heterocycles. The number of rotatable bonds is 4. The number of nitrogens with one attached hydrogen (secondary N) is 1. The average molecular weight is 242 g/mol. The van der Waals surface area contributed by atoms with Crippen molar-refractivity contribution in [3.05, 3.63) is 24.2 Å². The number of aromatic nitrogens is 3. The minimum absolute atomic E-state index is 0.0548. The van der Waals surface area contributed by atoms with E-state index >= 15 is 0 Å². The predicted molar refractivity (Wildman–Crippen MR) is 69.8 cm³/mol. The van der Waals surface area contributed by atoms with Crippen LogP contribution in [0, 0.1) is 17.8 Å². The summed E-state index contributed by atoms with van der Waals surface area (Å²) in [7, 11) is 0. The maximum atomic E-state index is 6.46. The van der Waals surface area contributed by atoms with Crippen molar-refractivity contribution in [1.82, 2.24) is 15.0 Å². The molecule has 4 heteroatoms. The maximum Gasteiger partial charge on any atom is 0.177 e. The Labute approximate surface area is 106 Å². The SMILES string of the molecule is N[C@H](c1nc2ncccc2[nH]1)C(C1CC1)C1CC1. The van der Waals surface area contributed by atoms with Gasteiger partial charge in [-0.25, -0.2) is 9.97 Å². The van der Waals surface area contributed by atoms with Crippen molar-refractivity contribution in [2.75, 3.05) is 0 Å². The summed E-state index contributed by atoms with van der Waals surface area (Å²) in [5.41, 5.74) is 8.24. The van der Waals surface area contributed by atoms with Gasteiger partial charge in [0, 0.05) is 6.20 Å². The molecule has 0 amide bonds. The van der Waals surface area contributed by atoms with Gasteiger partial charge in [0.05, 0.1) is 11.6 Å². The van der Waals surface area contributed by atoms with E-state index in [4.69, 9.17) is 5.73 Å². The van der Waals surface area contributed by atoms with Crippen molar-refractivity contribution in [1.29, 1.82) is 0 Å². The van der Waals surface area contributed by atoms with Gasteiger partial charge in [0.25, 0.3) is 0 Å². The van der Waals surface area contributed by atoms with Gasteiger partial charge in [-0.3, -0.25) is 0 Å². The van der Waals surface area contributed by atoms with Crippen LogP contribution >= 0.6 is 0 Å². The smallest absolute Gasteiger partial charge is 0.177 e. The fourth-order valence-corrected chi connectivity index (χ4v) is 3.14. The van der Waals surface area contributed by atoms with Crippen molar-refractivity contribution in [3.63, 3.8) is 0 Å². The maximum absolute atomic E-state index is 6.46. The lowest BCUT2D eigenvalue weighted by molar-refractivity contribution is 0.327. The molecule has 4 nitrogen and oxygen atoms in total. The highest BCUT2D eigenvalue weighted by Gasteiger charge is 2.45. The van der Waals surface area contributed by atoms with E-state index in [9.17, 15) is 0 Å². The van der Waals surface area contributed by atoms with E-state index in [1.54, 1.807) is 6.20 Å². The second kappa shape index (κ2) is 3.79. The number of imidazole rings is 1. The molecule has 2 heterocycles. The van der Waals surface area contributed by atoms with Crippen LogP contribution in [0.15, 0.2) is 18.3 Å². The molecule has 0 aromatic carbocycles. The quantitative estimate of drug-likeness (QED) is 0.865. The summed E-state index contributed by atoms with van der Waals surface area (Å²) in [4.78, 5) is 12.2. The molecule has 94 valence electrons. The summed E-state index contributed by atoms with van der Waals surface area (Å²) < 4.78 is 0. The molecule has 0 radical (unpaired) electrons. The molecular weight excluding hydrogens is 224 g/mol. The highest BCUT2D eigenvalue weighted by Crippen LogP contribution is 2.53. The summed E-state index contributed by atoms with van der Waals surface area (Å²) in [6.45, 7) is 0. The summed E-state index contributed by atoms with van der Waals surface area (Å²) in [6.07, 6.45) is 7.19. The first-order valence-electron chi connectivity index (χ1n) is 6.89. The van der Waals surface area contributed by atoms with E-state index in [1.807, 2.05) is 12.1 Å². The van der Waals surface area contributed by atoms with Crippen LogP contribution in [-0.2, 0) is 0 Å². The van der Waals surface area contributed by atoms with Crippen LogP contribution in [0.5, 0.6) is 0 Å². The first-order valence-corrected chi connectivity index (χ1v) is 6.89. The Morgan fingerprint density at radius 1 is 1.22 bits per heavy atom. The number of H-pyrrole nitrogens is 1. The molecule has 0 aliphatic heterocycles. The molecule has 0 unspecified atom stereocenters. The van der Waals surface area contributed by atoms with Gasteiger partial charge in [0.15, 0.2) is 5.65 Å². The van der Waals surface area contributed by atoms with E-state index in [0.717, 1.165) is 28.8 Å². The lowest BCUT2D eigenvalue weighted by atomic mass is 9.89. The summed E-state index contributed by atoms with van der Waals surface area (Å²) in [5, 5.41) is 0. The van der Waals surface area contributed by atoms with E-state index in [-0.39, 0.29) is 6.04 Å². The van der Waals surface area contributed by atoms with Gasteiger partial charge in [0.1, 0.15) is 5.82 Å². The molecule has 2 aliphatic carbocycles. The van der Waals surface area contributed by atoms with Gasteiger partial charge in [-0.1, -0.05) is 0 Å². The predicted octanol–water partition coefficient (Wildman–Crippen LogP) is 2.39. The molecule has 3 N–H and O–H groups in total. The Kier molecular flexibility index (Phi) is 2.21. The standard InChI is InChI=1S/C14H18N4/c15-12(11(8-3-4-8)9-5-6-9)14-17-10-2-1-7-16-13(10)18-14/h1-2,7-9,11-12H,3-6,15H2,(H,16,17,18)/t12-/m0/s1. The molecular formula is C14H18N4. The van der Waals surface area contributed by atoms with E-state index in [1.165, 1.54) is 25.7 Å². The minimum atomic E-state index is 0.0548. The van der Waals surface area contributed by atoms with Crippen LogP contribution in [-0.4, -0.2) is 15.0 Å². The van der Waals surface area contributed by atoms with Gasteiger partial charge in [-0.2, -0.15) is 0 Å². The van der Waals surface area contributed by atoms with Crippen LogP contribution in [0.25, 0.3) is 11.2 Å². The first kappa shape index (κ1) is 10.5.